The minimum Gasteiger partial charge on any atom is -0.294 e. The van der Waals surface area contributed by atoms with Crippen LogP contribution in [-0.2, 0) is 11.2 Å². The van der Waals surface area contributed by atoms with Gasteiger partial charge in [-0.1, -0.05) is 60.2 Å². The van der Waals surface area contributed by atoms with Gasteiger partial charge in [0, 0.05) is 16.5 Å². The van der Waals surface area contributed by atoms with Crippen molar-refractivity contribution in [3.63, 3.8) is 0 Å². The van der Waals surface area contributed by atoms with E-state index >= 15 is 0 Å². The van der Waals surface area contributed by atoms with Crippen LogP contribution in [0.4, 0.5) is 0 Å². The highest BCUT2D eigenvalue weighted by Gasteiger charge is 2.43. The van der Waals surface area contributed by atoms with Crippen molar-refractivity contribution >= 4 is 17.4 Å². The van der Waals surface area contributed by atoms with Gasteiger partial charge in [0.05, 0.1) is 0 Å². The molecule has 2 unspecified atom stereocenters. The summed E-state index contributed by atoms with van der Waals surface area (Å²) in [5.41, 5.74) is 3.06. The summed E-state index contributed by atoms with van der Waals surface area (Å²) in [4.78, 5) is 12.4. The summed E-state index contributed by atoms with van der Waals surface area (Å²) in [7, 11) is 0. The van der Waals surface area contributed by atoms with Gasteiger partial charge in [-0.15, -0.1) is 0 Å². The number of benzene rings is 1. The van der Waals surface area contributed by atoms with E-state index in [0.717, 1.165) is 23.4 Å². The number of carbonyl (C=O) groups excluding carboxylic acids is 1. The summed E-state index contributed by atoms with van der Waals surface area (Å²) < 4.78 is 0. The van der Waals surface area contributed by atoms with Gasteiger partial charge in [-0.2, -0.15) is 0 Å². The van der Waals surface area contributed by atoms with E-state index < -0.39 is 0 Å². The Hall–Kier alpha value is -1.60. The highest BCUT2D eigenvalue weighted by Crippen LogP contribution is 2.44. The number of hydrogen-bond donors (Lipinski definition) is 0. The standard InChI is InChI=1S/C19H21ClO/c1-4-6-7-14(5-2)19(21)17-12-15(17)11-16-10-13(3)8-9-18(16)20/h4-10,15,17H,2,11-12H2,1,3H3/b6-4-,14-7+. The minimum absolute atomic E-state index is 0.121. The van der Waals surface area contributed by atoms with E-state index in [9.17, 15) is 4.79 Å². The first-order valence-corrected chi connectivity index (χ1v) is 7.69. The second kappa shape index (κ2) is 6.91. The zero-order chi connectivity index (χ0) is 15.4. The van der Waals surface area contributed by atoms with Crippen molar-refractivity contribution < 1.29 is 4.79 Å². The highest BCUT2D eigenvalue weighted by molar-refractivity contribution is 6.31. The molecule has 0 amide bonds. The average molecular weight is 301 g/mol. The Balaban J connectivity index is 2.03. The van der Waals surface area contributed by atoms with Gasteiger partial charge in [-0.05, 0) is 44.2 Å². The molecule has 21 heavy (non-hydrogen) atoms. The molecule has 2 heteroatoms. The maximum absolute atomic E-state index is 12.4. The third kappa shape index (κ3) is 3.95. The molecule has 1 aromatic rings. The number of halogens is 1. The molecule has 0 saturated heterocycles. The lowest BCUT2D eigenvalue weighted by Crippen LogP contribution is -2.06. The number of aryl methyl sites for hydroxylation is 1. The molecule has 2 rings (SSSR count). The van der Waals surface area contributed by atoms with E-state index in [1.807, 2.05) is 37.3 Å². The van der Waals surface area contributed by atoms with E-state index in [-0.39, 0.29) is 11.7 Å². The first kappa shape index (κ1) is 15.8. The van der Waals surface area contributed by atoms with E-state index in [1.165, 1.54) is 5.56 Å². The molecule has 1 aromatic carbocycles. The Morgan fingerprint density at radius 1 is 1.48 bits per heavy atom. The van der Waals surface area contributed by atoms with Crippen molar-refractivity contribution in [2.45, 2.75) is 26.7 Å². The van der Waals surface area contributed by atoms with Gasteiger partial charge in [-0.25, -0.2) is 0 Å². The molecule has 1 nitrogen and oxygen atoms in total. The average Bonchev–Trinajstić information content (AvgIpc) is 3.23. The van der Waals surface area contributed by atoms with Crippen LogP contribution in [0.5, 0.6) is 0 Å². The van der Waals surface area contributed by atoms with E-state index in [4.69, 9.17) is 11.6 Å². The largest absolute Gasteiger partial charge is 0.294 e. The van der Waals surface area contributed by atoms with Crippen LogP contribution in [0.1, 0.15) is 24.5 Å². The molecule has 0 aliphatic heterocycles. The molecule has 0 aromatic heterocycles. The molecular weight excluding hydrogens is 280 g/mol. The van der Waals surface area contributed by atoms with E-state index in [1.54, 1.807) is 6.08 Å². The molecule has 1 saturated carbocycles. The van der Waals surface area contributed by atoms with Crippen LogP contribution in [0.3, 0.4) is 0 Å². The topological polar surface area (TPSA) is 17.1 Å². The third-order valence-electron chi connectivity index (χ3n) is 3.92. The van der Waals surface area contributed by atoms with Gasteiger partial charge >= 0.3 is 0 Å². The number of rotatable bonds is 6. The monoisotopic (exact) mass is 300 g/mol. The van der Waals surface area contributed by atoms with Crippen molar-refractivity contribution in [2.24, 2.45) is 11.8 Å². The van der Waals surface area contributed by atoms with Crippen molar-refractivity contribution in [1.29, 1.82) is 0 Å². The number of ketones is 1. The van der Waals surface area contributed by atoms with Crippen molar-refractivity contribution in [2.75, 3.05) is 0 Å². The van der Waals surface area contributed by atoms with Crippen LogP contribution in [0.15, 0.2) is 54.7 Å². The van der Waals surface area contributed by atoms with Gasteiger partial charge < -0.3 is 0 Å². The summed E-state index contributed by atoms with van der Waals surface area (Å²) in [6.45, 7) is 7.73. The van der Waals surface area contributed by atoms with Crippen LogP contribution in [0.2, 0.25) is 5.02 Å². The smallest absolute Gasteiger partial charge is 0.166 e. The summed E-state index contributed by atoms with van der Waals surface area (Å²) in [5.74, 6) is 0.735. The molecule has 2 atom stereocenters. The van der Waals surface area contributed by atoms with Crippen LogP contribution >= 0.6 is 11.6 Å². The van der Waals surface area contributed by atoms with Crippen molar-refractivity contribution in [3.8, 4) is 0 Å². The van der Waals surface area contributed by atoms with Crippen molar-refractivity contribution in [1.82, 2.24) is 0 Å². The maximum Gasteiger partial charge on any atom is 0.166 e. The maximum atomic E-state index is 12.4. The van der Waals surface area contributed by atoms with Gasteiger partial charge in [0.1, 0.15) is 0 Å². The Kier molecular flexibility index (Phi) is 5.19. The van der Waals surface area contributed by atoms with Crippen LogP contribution in [0.25, 0.3) is 0 Å². The second-order valence-electron chi connectivity index (χ2n) is 5.62. The first-order chi connectivity index (χ1) is 10.1. The summed E-state index contributed by atoms with van der Waals surface area (Å²) >= 11 is 6.23. The van der Waals surface area contributed by atoms with E-state index in [2.05, 4.69) is 19.6 Å². The fraction of sp³-hybridized carbons (Fsp3) is 0.316. The Bertz CT molecular complexity index is 610. The second-order valence-corrected chi connectivity index (χ2v) is 6.02. The molecule has 110 valence electrons. The first-order valence-electron chi connectivity index (χ1n) is 7.31. The number of Topliss-reactive ketones (excluding diaryl/α,β-unsaturated/α-hetero) is 1. The SMILES string of the molecule is C=C/C(=C\C=C/C)C(=O)C1CC1Cc1cc(C)ccc1Cl. The molecule has 0 bridgehead atoms. The highest BCUT2D eigenvalue weighted by atomic mass is 35.5. The fourth-order valence-electron chi connectivity index (χ4n) is 2.60. The molecule has 1 aliphatic carbocycles. The van der Waals surface area contributed by atoms with Crippen molar-refractivity contribution in [3.05, 3.63) is 70.8 Å². The predicted molar refractivity (Wildman–Crippen MR) is 89.6 cm³/mol. The van der Waals surface area contributed by atoms with Gasteiger partial charge in [0.2, 0.25) is 0 Å². The molecule has 0 radical (unpaired) electrons. The quantitative estimate of drug-likeness (QED) is 0.528. The predicted octanol–water partition coefficient (Wildman–Crippen LogP) is 5.08. The zero-order valence-electron chi connectivity index (χ0n) is 12.6. The van der Waals surface area contributed by atoms with Gasteiger partial charge in [0.15, 0.2) is 5.78 Å². The van der Waals surface area contributed by atoms with Crippen LogP contribution < -0.4 is 0 Å². The van der Waals surface area contributed by atoms with Gasteiger partial charge in [0.25, 0.3) is 0 Å². The molecule has 1 aliphatic rings. The molecule has 1 fully saturated rings. The summed E-state index contributed by atoms with van der Waals surface area (Å²) in [6, 6.07) is 6.07. The lowest BCUT2D eigenvalue weighted by atomic mass is 10.0. The Labute approximate surface area is 132 Å². The Morgan fingerprint density at radius 2 is 2.24 bits per heavy atom. The van der Waals surface area contributed by atoms with Crippen LogP contribution in [0, 0.1) is 18.8 Å². The molecular formula is C19H21ClO. The molecule has 0 heterocycles. The Morgan fingerprint density at radius 3 is 2.90 bits per heavy atom. The lowest BCUT2D eigenvalue weighted by Gasteiger charge is -2.05. The number of hydrogen-bond acceptors (Lipinski definition) is 1. The van der Waals surface area contributed by atoms with Gasteiger partial charge in [-0.3, -0.25) is 4.79 Å². The minimum atomic E-state index is 0.121. The number of carbonyl (C=O) groups is 1. The van der Waals surface area contributed by atoms with Crippen LogP contribution in [-0.4, -0.2) is 5.78 Å². The number of allylic oxidation sites excluding steroid dienone is 5. The summed E-state index contributed by atoms with van der Waals surface area (Å²) in [5, 5.41) is 0.798. The summed E-state index contributed by atoms with van der Waals surface area (Å²) in [6.07, 6.45) is 9.11. The fourth-order valence-corrected chi connectivity index (χ4v) is 2.80. The normalized spacial score (nSPS) is 21.6. The lowest BCUT2D eigenvalue weighted by molar-refractivity contribution is -0.116. The molecule has 0 N–H and O–H groups in total. The third-order valence-corrected chi connectivity index (χ3v) is 4.28. The zero-order valence-corrected chi connectivity index (χ0v) is 13.4. The van der Waals surface area contributed by atoms with E-state index in [0.29, 0.717) is 11.5 Å². The molecule has 0 spiro atoms.